The van der Waals surface area contributed by atoms with Crippen molar-refractivity contribution in [2.75, 3.05) is 12.4 Å². The monoisotopic (exact) mass is 365 g/mol. The zero-order valence-electron chi connectivity index (χ0n) is 14.4. The van der Waals surface area contributed by atoms with Gasteiger partial charge in [0.1, 0.15) is 5.75 Å². The Labute approximate surface area is 148 Å². The second-order valence-electron chi connectivity index (χ2n) is 5.80. The number of primary sulfonamides is 1. The predicted molar refractivity (Wildman–Crippen MR) is 99.4 cm³/mol. The highest BCUT2D eigenvalue weighted by molar-refractivity contribution is 7.99. The Balaban J connectivity index is 1.94. The van der Waals surface area contributed by atoms with Gasteiger partial charge in [0.2, 0.25) is 10.0 Å². The van der Waals surface area contributed by atoms with Gasteiger partial charge in [0, 0.05) is 10.6 Å². The summed E-state index contributed by atoms with van der Waals surface area (Å²) < 4.78 is 28.1. The number of rotatable bonds is 6. The smallest absolute Gasteiger partial charge is 0.238 e. The van der Waals surface area contributed by atoms with Gasteiger partial charge in [-0.05, 0) is 74.2 Å². The van der Waals surface area contributed by atoms with E-state index in [0.29, 0.717) is 12.4 Å². The molecule has 130 valence electrons. The van der Waals surface area contributed by atoms with Gasteiger partial charge in [0.15, 0.2) is 0 Å². The van der Waals surface area contributed by atoms with Crippen LogP contribution in [0.1, 0.15) is 22.3 Å². The van der Waals surface area contributed by atoms with Gasteiger partial charge in [-0.1, -0.05) is 6.07 Å². The predicted octanol–water partition coefficient (Wildman–Crippen LogP) is 3.74. The summed E-state index contributed by atoms with van der Waals surface area (Å²) in [5.74, 6) is 1.46. The third-order valence-electron chi connectivity index (χ3n) is 4.05. The molecule has 0 amide bonds. The zero-order valence-corrected chi connectivity index (χ0v) is 16.1. The minimum Gasteiger partial charge on any atom is -0.493 e. The molecule has 0 atom stereocenters. The summed E-state index contributed by atoms with van der Waals surface area (Å²) in [5.41, 5.74) is 5.25. The Morgan fingerprint density at radius 1 is 1.00 bits per heavy atom. The lowest BCUT2D eigenvalue weighted by molar-refractivity contribution is 0.343. The highest BCUT2D eigenvalue weighted by atomic mass is 32.2. The van der Waals surface area contributed by atoms with E-state index in [1.807, 2.05) is 0 Å². The number of nitrogens with two attached hydrogens (primary N) is 1. The number of aryl methyl sites for hydroxylation is 2. The minimum absolute atomic E-state index is 0.0886. The van der Waals surface area contributed by atoms with E-state index in [0.717, 1.165) is 5.75 Å². The Kier molecular flexibility index (Phi) is 5.96. The molecule has 0 saturated carbocycles. The average Bonchev–Trinajstić information content (AvgIpc) is 2.52. The maximum atomic E-state index is 11.2. The van der Waals surface area contributed by atoms with Crippen molar-refractivity contribution in [3.8, 4) is 5.75 Å². The molecule has 0 fully saturated rings. The quantitative estimate of drug-likeness (QED) is 0.625. The van der Waals surface area contributed by atoms with Crippen LogP contribution in [0.5, 0.6) is 5.75 Å². The van der Waals surface area contributed by atoms with Gasteiger partial charge in [-0.25, -0.2) is 13.6 Å². The summed E-state index contributed by atoms with van der Waals surface area (Å²) in [6.07, 6.45) is 0. The normalized spacial score (nSPS) is 11.5. The lowest BCUT2D eigenvalue weighted by atomic mass is 10.0. The van der Waals surface area contributed by atoms with Crippen molar-refractivity contribution in [2.45, 2.75) is 37.5 Å². The highest BCUT2D eigenvalue weighted by Gasteiger charge is 2.09. The van der Waals surface area contributed by atoms with Crippen LogP contribution in [0, 0.1) is 27.7 Å². The second kappa shape index (κ2) is 7.59. The van der Waals surface area contributed by atoms with Crippen LogP contribution < -0.4 is 9.88 Å². The maximum absolute atomic E-state index is 11.2. The summed E-state index contributed by atoms with van der Waals surface area (Å²) in [7, 11) is -3.66. The van der Waals surface area contributed by atoms with Crippen molar-refractivity contribution in [2.24, 2.45) is 5.14 Å². The van der Waals surface area contributed by atoms with Crippen molar-refractivity contribution in [3.05, 3.63) is 52.6 Å². The first-order valence-electron chi connectivity index (χ1n) is 7.66. The second-order valence-corrected chi connectivity index (χ2v) is 8.47. The molecule has 0 saturated heterocycles. The molecule has 24 heavy (non-hydrogen) atoms. The third-order valence-corrected chi connectivity index (χ3v) is 6.25. The Bertz CT molecular complexity index is 802. The van der Waals surface area contributed by atoms with Crippen molar-refractivity contribution >= 4 is 21.8 Å². The van der Waals surface area contributed by atoms with E-state index in [1.165, 1.54) is 39.3 Å². The van der Waals surface area contributed by atoms with E-state index < -0.39 is 10.0 Å². The molecule has 0 unspecified atom stereocenters. The molecular weight excluding hydrogens is 342 g/mol. The van der Waals surface area contributed by atoms with E-state index in [4.69, 9.17) is 9.88 Å². The summed E-state index contributed by atoms with van der Waals surface area (Å²) in [6.45, 7) is 9.11. The number of ether oxygens (including phenoxy) is 1. The molecule has 0 heterocycles. The molecule has 0 bridgehead atoms. The van der Waals surface area contributed by atoms with Crippen molar-refractivity contribution in [1.29, 1.82) is 0 Å². The Morgan fingerprint density at radius 3 is 2.04 bits per heavy atom. The van der Waals surface area contributed by atoms with Gasteiger partial charge in [0.25, 0.3) is 0 Å². The van der Waals surface area contributed by atoms with Gasteiger partial charge < -0.3 is 4.74 Å². The SMILES string of the molecule is Cc1cc(C)c(C)c(SCCOc2ccc(S(N)(=O)=O)cc2)c1C. The van der Waals surface area contributed by atoms with Gasteiger partial charge in [-0.3, -0.25) is 0 Å². The first kappa shape index (κ1) is 18.8. The lowest BCUT2D eigenvalue weighted by Crippen LogP contribution is -2.11. The minimum atomic E-state index is -3.66. The van der Waals surface area contributed by atoms with Crippen molar-refractivity contribution in [3.63, 3.8) is 0 Å². The molecule has 0 aromatic heterocycles. The van der Waals surface area contributed by atoms with E-state index >= 15 is 0 Å². The standard InChI is InChI=1S/C18H23NO3S2/c1-12-11-13(2)15(4)18(14(12)3)23-10-9-22-16-5-7-17(8-6-16)24(19,20)21/h5-8,11H,9-10H2,1-4H3,(H2,19,20,21). The molecule has 2 aromatic rings. The van der Waals surface area contributed by atoms with Crippen LogP contribution in [-0.4, -0.2) is 20.8 Å². The number of sulfonamides is 1. The van der Waals surface area contributed by atoms with Crippen LogP contribution in [0.3, 0.4) is 0 Å². The fourth-order valence-corrected chi connectivity index (χ4v) is 4.07. The van der Waals surface area contributed by atoms with E-state index in [2.05, 4.69) is 33.8 Å². The van der Waals surface area contributed by atoms with Crippen LogP contribution in [0.2, 0.25) is 0 Å². The van der Waals surface area contributed by atoms with Crippen molar-refractivity contribution < 1.29 is 13.2 Å². The third kappa shape index (κ3) is 4.53. The van der Waals surface area contributed by atoms with Gasteiger partial charge >= 0.3 is 0 Å². The topological polar surface area (TPSA) is 69.4 Å². The Morgan fingerprint density at radius 2 is 1.54 bits per heavy atom. The summed E-state index contributed by atoms with van der Waals surface area (Å²) >= 11 is 1.79. The molecule has 2 rings (SSSR count). The van der Waals surface area contributed by atoms with Crippen LogP contribution in [0.15, 0.2) is 40.1 Å². The summed E-state index contributed by atoms with van der Waals surface area (Å²) in [4.78, 5) is 1.41. The van der Waals surface area contributed by atoms with Crippen molar-refractivity contribution in [1.82, 2.24) is 0 Å². The molecule has 0 radical (unpaired) electrons. The maximum Gasteiger partial charge on any atom is 0.238 e. The number of benzene rings is 2. The van der Waals surface area contributed by atoms with Gasteiger partial charge in [-0.2, -0.15) is 0 Å². The molecule has 2 N–H and O–H groups in total. The average molecular weight is 366 g/mol. The number of hydrogen-bond donors (Lipinski definition) is 1. The van der Waals surface area contributed by atoms with E-state index in [9.17, 15) is 8.42 Å². The zero-order chi connectivity index (χ0) is 17.9. The highest BCUT2D eigenvalue weighted by Crippen LogP contribution is 2.30. The fourth-order valence-electron chi connectivity index (χ4n) is 2.43. The number of hydrogen-bond acceptors (Lipinski definition) is 4. The van der Waals surface area contributed by atoms with Crippen LogP contribution in [0.4, 0.5) is 0 Å². The molecular formula is C18H23NO3S2. The lowest BCUT2D eigenvalue weighted by Gasteiger charge is -2.15. The Hall–Kier alpha value is -1.50. The van der Waals surface area contributed by atoms with Gasteiger partial charge in [-0.15, -0.1) is 11.8 Å². The fraction of sp³-hybridized carbons (Fsp3) is 0.333. The molecule has 0 aliphatic carbocycles. The van der Waals surface area contributed by atoms with Crippen LogP contribution in [-0.2, 0) is 10.0 Å². The molecule has 0 aliphatic rings. The molecule has 0 spiro atoms. The summed E-state index contributed by atoms with van der Waals surface area (Å²) in [5, 5.41) is 5.07. The molecule has 0 aliphatic heterocycles. The van der Waals surface area contributed by atoms with E-state index in [-0.39, 0.29) is 4.90 Å². The van der Waals surface area contributed by atoms with Gasteiger partial charge in [0.05, 0.1) is 11.5 Å². The van der Waals surface area contributed by atoms with Crippen LogP contribution in [0.25, 0.3) is 0 Å². The van der Waals surface area contributed by atoms with Crippen LogP contribution >= 0.6 is 11.8 Å². The van der Waals surface area contributed by atoms with E-state index in [1.54, 1.807) is 23.9 Å². The largest absolute Gasteiger partial charge is 0.493 e. The molecule has 6 heteroatoms. The molecule has 4 nitrogen and oxygen atoms in total. The first-order chi connectivity index (χ1) is 11.2. The molecule has 2 aromatic carbocycles. The summed E-state index contributed by atoms with van der Waals surface area (Å²) in [6, 6.07) is 8.37. The first-order valence-corrected chi connectivity index (χ1v) is 10.2. The number of thioether (sulfide) groups is 1.